The zero-order valence-corrected chi connectivity index (χ0v) is 83.9. The molecule has 0 bridgehead atoms. The van der Waals surface area contributed by atoms with Crippen LogP contribution in [0.5, 0.6) is 0 Å². The van der Waals surface area contributed by atoms with Crippen molar-refractivity contribution in [1.29, 1.82) is 0 Å². The Balaban J connectivity index is 0.000000105. The van der Waals surface area contributed by atoms with Crippen molar-refractivity contribution in [2.24, 2.45) is 0 Å². The third-order valence-corrected chi connectivity index (χ3v) is 29.5. The van der Waals surface area contributed by atoms with Crippen molar-refractivity contribution in [2.45, 2.75) is 88.6 Å². The van der Waals surface area contributed by atoms with Gasteiger partial charge >= 0.3 is 6.09 Å². The molecule has 6 aliphatic rings. The van der Waals surface area contributed by atoms with Crippen molar-refractivity contribution in [1.82, 2.24) is 61.0 Å². The van der Waals surface area contributed by atoms with Crippen LogP contribution in [0.15, 0.2) is 276 Å². The lowest BCUT2D eigenvalue weighted by Gasteiger charge is -2.35. The minimum Gasteiger partial charge on any atom is -0.453 e. The molecule has 2 amide bonds. The Morgan fingerprint density at radius 1 is 0.375 bits per heavy atom. The SMILES string of the molecule is Brc1ccc(C2NCCc3c2[nH]c2ccc(Br)cc32)cc1.CC(=O)N1CCc2c([nH]c3ccc(Br)cc23)C1c1ccccc1.COC(=O)N1CCc2c([nH]c3ccc(Cl)cc23)C1c1cc(F)ccc1F.Cc1ccc(C2NCCc3c2[nH]c2ccc(Br)cc32)cc1.Fc1cc(F)cc(C2NCCc3c2[nH]c2ccc(Br)cc32)c1.O=[N+]([O-])c1ccc(C2NCCc3c2[nH]c2ccc(Br)cc32)cc1. The summed E-state index contributed by atoms with van der Waals surface area (Å²) >= 11 is 27.4. The predicted octanol–water partition coefficient (Wildman–Crippen LogP) is 27.2. The summed E-state index contributed by atoms with van der Waals surface area (Å²) in [5, 5.41) is 32.8. The number of hydrogen-bond acceptors (Lipinski definition) is 9. The number of aryl methyl sites for hydroxylation is 1. The molecule has 12 heterocycles. The molecule has 18 nitrogen and oxygen atoms in total. The van der Waals surface area contributed by atoms with E-state index >= 15 is 0 Å². The number of carbonyl (C=O) groups is 2. The van der Waals surface area contributed by atoms with E-state index in [-0.39, 0.29) is 52.3 Å². The number of H-pyrrole nitrogens is 6. The molecule has 24 rings (SSSR count). The largest absolute Gasteiger partial charge is 0.453 e. The molecule has 136 heavy (non-hydrogen) atoms. The molecule has 12 aromatic carbocycles. The Labute approximate surface area is 836 Å². The topological polar surface area (TPSA) is 236 Å². The number of benzene rings is 12. The van der Waals surface area contributed by atoms with E-state index in [1.807, 2.05) is 71.6 Å². The maximum atomic E-state index is 14.5. The molecule has 18 aromatic rings. The molecule has 6 atom stereocenters. The Hall–Kier alpha value is -11.3. The Morgan fingerprint density at radius 3 is 1.13 bits per heavy atom. The second kappa shape index (κ2) is 40.4. The third-order valence-electron chi connectivity index (χ3n) is 26.3. The lowest BCUT2D eigenvalue weighted by Crippen LogP contribution is -2.40. The highest BCUT2D eigenvalue weighted by molar-refractivity contribution is 9.11. The highest BCUT2D eigenvalue weighted by atomic mass is 79.9. The van der Waals surface area contributed by atoms with Gasteiger partial charge < -0.3 is 60.8 Å². The molecule has 0 aliphatic carbocycles. The van der Waals surface area contributed by atoms with Crippen LogP contribution in [0, 0.1) is 40.3 Å². The number of non-ortho nitro benzene ring substituents is 1. The quantitative estimate of drug-likeness (QED) is 0.0414. The average molecular weight is 2230 g/mol. The Bertz CT molecular complexity index is 7440. The van der Waals surface area contributed by atoms with Gasteiger partial charge in [-0.1, -0.05) is 192 Å². The number of halogens is 11. The van der Waals surface area contributed by atoms with E-state index in [4.69, 9.17) is 16.3 Å². The fraction of sp³-hybridized carbons (Fsp3) is 0.196. The predicted molar refractivity (Wildman–Crippen MR) is 553 cm³/mol. The zero-order chi connectivity index (χ0) is 94.4. The summed E-state index contributed by atoms with van der Waals surface area (Å²) in [6.45, 7) is 8.53. The van der Waals surface area contributed by atoms with Crippen LogP contribution in [0.4, 0.5) is 28.0 Å². The zero-order valence-electron chi connectivity index (χ0n) is 73.7. The summed E-state index contributed by atoms with van der Waals surface area (Å²) in [6, 6.07) is 77.7. The van der Waals surface area contributed by atoms with Crippen molar-refractivity contribution in [3.05, 3.63) is 420 Å². The standard InChI is InChI=1S/C19H17BrN2O.C19H15ClF2N2O2.C18H17BrN2.C17H14Br2N2.C17H13BrF2N2.C17H14BrN3O2/c1-12(23)22-10-9-15-16-11-14(20)7-8-17(16)21-18(15)19(22)13-5-3-2-4-6-13;1-26-19(25)24-7-6-12-13-8-10(20)2-5-16(13)23-17(12)18(24)14-9-11(21)3-4-15(14)22;1-11-2-4-12(5-3-11)17-18-14(8-9-20-17)15-10-13(19)6-7-16(15)21-18;18-11-3-1-10(2-4-11)16-17-13(7-8-20-16)14-9-12(19)5-6-15(14)21-17;18-10-1-2-15-14(7-10)13-3-4-21-16(17(13)22-15)9-5-11(19)8-12(20)6-9;18-11-3-6-15-14(9-11)13-7-8-19-16(17(13)20-15)10-1-4-12(5-2-10)21(22)23/h2-8,11,19,21H,9-10H2,1H3;2-5,8-9,18,23H,6-7H2,1H3;2-7,10,17,20-21H,8-9H2,1H3;1-6,9,16,20-21H,7-8H2;1-2,5-8,16,21-22H,3-4H2;1-6,9,16,19-20H,7-8H2. The lowest BCUT2D eigenvalue weighted by molar-refractivity contribution is -0.384. The number of nitrogens with zero attached hydrogens (tertiary/aromatic N) is 3. The maximum absolute atomic E-state index is 14.5. The van der Waals surface area contributed by atoms with E-state index in [0.717, 1.165) is 183 Å². The monoisotopic (exact) mass is 2220 g/mol. The normalized spacial score (nSPS) is 17.4. The molecule has 6 aromatic heterocycles. The van der Waals surface area contributed by atoms with E-state index in [0.29, 0.717) is 29.2 Å². The van der Waals surface area contributed by atoms with E-state index in [1.54, 1.807) is 25.1 Å². The number of methoxy groups -OCH3 is 1. The fourth-order valence-electron chi connectivity index (χ4n) is 20.1. The number of nitro benzene ring substituents is 1. The van der Waals surface area contributed by atoms with Crippen LogP contribution < -0.4 is 21.3 Å². The number of amides is 2. The first-order chi connectivity index (χ1) is 65.8. The number of carbonyl (C=O) groups excluding carboxylic acids is 2. The fourth-order valence-corrected chi connectivity index (χ4v) is 22.3. The number of hydrogen-bond donors (Lipinski definition) is 10. The van der Waals surface area contributed by atoms with Crippen molar-refractivity contribution in [2.75, 3.05) is 46.4 Å². The number of nitrogens with one attached hydrogen (secondary N) is 10. The van der Waals surface area contributed by atoms with Gasteiger partial charge in [0.25, 0.3) is 5.69 Å². The maximum Gasteiger partial charge on any atom is 0.410 e. The van der Waals surface area contributed by atoms with Crippen LogP contribution in [-0.4, -0.2) is 103 Å². The van der Waals surface area contributed by atoms with Gasteiger partial charge in [-0.05, 0) is 258 Å². The van der Waals surface area contributed by atoms with Gasteiger partial charge in [0.2, 0.25) is 5.91 Å². The average Bonchev–Trinajstić information content (AvgIpc) is 1.59. The van der Waals surface area contributed by atoms with E-state index in [1.165, 1.54) is 113 Å². The van der Waals surface area contributed by atoms with Crippen LogP contribution in [0.25, 0.3) is 65.4 Å². The molecule has 0 fully saturated rings. The number of aromatic amines is 6. The first-order valence-electron chi connectivity index (χ1n) is 44.7. The van der Waals surface area contributed by atoms with Crippen LogP contribution in [-0.2, 0) is 48.1 Å². The molecule has 6 aliphatic heterocycles. The van der Waals surface area contributed by atoms with Crippen molar-refractivity contribution < 1.29 is 36.8 Å². The van der Waals surface area contributed by atoms with Gasteiger partial charge in [-0.15, -0.1) is 0 Å². The third kappa shape index (κ3) is 19.5. The number of ether oxygens (including phenoxy) is 1. The molecule has 10 N–H and O–H groups in total. The number of rotatable bonds is 7. The van der Waals surface area contributed by atoms with Crippen molar-refractivity contribution in [3.63, 3.8) is 0 Å². The van der Waals surface area contributed by atoms with Crippen LogP contribution in [0.3, 0.4) is 0 Å². The molecule has 690 valence electrons. The summed E-state index contributed by atoms with van der Waals surface area (Å²) in [5.74, 6) is -2.15. The summed E-state index contributed by atoms with van der Waals surface area (Å²) < 4.78 is 66.8. The summed E-state index contributed by atoms with van der Waals surface area (Å²) in [6.07, 6.45) is 4.84. The van der Waals surface area contributed by atoms with E-state index in [2.05, 4.69) is 281 Å². The second-order valence-electron chi connectivity index (χ2n) is 34.6. The number of nitro groups is 1. The molecule has 29 heteroatoms. The minimum absolute atomic E-state index is 0.0331. The summed E-state index contributed by atoms with van der Waals surface area (Å²) in [4.78, 5) is 59.2. The van der Waals surface area contributed by atoms with Gasteiger partial charge in [0, 0.05) is 201 Å². The van der Waals surface area contributed by atoms with E-state index < -0.39 is 35.4 Å². The summed E-state index contributed by atoms with van der Waals surface area (Å²) in [7, 11) is 1.27. The lowest BCUT2D eigenvalue weighted by atomic mass is 9.92. The van der Waals surface area contributed by atoms with Crippen LogP contribution >= 0.6 is 107 Å². The van der Waals surface area contributed by atoms with Crippen LogP contribution in [0.2, 0.25) is 5.02 Å². The van der Waals surface area contributed by atoms with Gasteiger partial charge in [0.05, 0.1) is 42.2 Å². The molecular weight excluding hydrogens is 2140 g/mol. The molecule has 0 radical (unpaired) electrons. The van der Waals surface area contributed by atoms with Gasteiger partial charge in [-0.3, -0.25) is 19.8 Å². The smallest absolute Gasteiger partial charge is 0.410 e. The minimum atomic E-state index is -0.812. The second-order valence-corrected chi connectivity index (χ2v) is 40.5. The molecule has 0 spiro atoms. The highest BCUT2D eigenvalue weighted by Gasteiger charge is 2.39. The molecule has 0 saturated heterocycles. The van der Waals surface area contributed by atoms with Gasteiger partial charge in [0.15, 0.2) is 0 Å². The molecule has 0 saturated carbocycles. The van der Waals surface area contributed by atoms with Gasteiger partial charge in [-0.2, -0.15) is 0 Å². The first kappa shape index (κ1) is 93.8. The van der Waals surface area contributed by atoms with Crippen molar-refractivity contribution in [3.8, 4) is 0 Å². The van der Waals surface area contributed by atoms with Gasteiger partial charge in [-0.25, -0.2) is 22.4 Å². The molecule has 6 unspecified atom stereocenters. The number of aromatic nitrogens is 6. The summed E-state index contributed by atoms with van der Waals surface area (Å²) in [5.41, 5.74) is 27.7. The number of fused-ring (bicyclic) bond motifs is 18. The molecular formula is C107H90Br6ClF4N13O5. The van der Waals surface area contributed by atoms with Crippen molar-refractivity contribution >= 4 is 190 Å². The van der Waals surface area contributed by atoms with E-state index in [9.17, 15) is 37.3 Å². The Morgan fingerprint density at radius 2 is 0.728 bits per heavy atom. The van der Waals surface area contributed by atoms with Crippen LogP contribution in [0.1, 0.15) is 150 Å². The van der Waals surface area contributed by atoms with Gasteiger partial charge in [0.1, 0.15) is 29.3 Å². The Kier molecular flexibility index (Phi) is 27.9. The first-order valence-corrected chi connectivity index (χ1v) is 49.8. The highest BCUT2D eigenvalue weighted by Crippen LogP contribution is 2.46.